The molecule has 0 unspecified atom stereocenters. The molecular formula is C18H18NO2+. The van der Waals surface area contributed by atoms with Crippen molar-refractivity contribution < 1.29 is 14.0 Å². The fourth-order valence-corrected chi connectivity index (χ4v) is 2.35. The Labute approximate surface area is 124 Å². The van der Waals surface area contributed by atoms with E-state index in [9.17, 15) is 0 Å². The zero-order valence-electron chi connectivity index (χ0n) is 12.2. The van der Waals surface area contributed by atoms with Crippen LogP contribution < -0.4 is 4.74 Å². The highest BCUT2D eigenvalue weighted by molar-refractivity contribution is 5.95. The predicted octanol–water partition coefficient (Wildman–Crippen LogP) is 3.83. The van der Waals surface area contributed by atoms with Crippen LogP contribution >= 0.6 is 0 Å². The molecule has 2 aromatic carbocycles. The van der Waals surface area contributed by atoms with Gasteiger partial charge in [0.2, 0.25) is 5.69 Å². The highest BCUT2D eigenvalue weighted by Crippen LogP contribution is 2.23. The van der Waals surface area contributed by atoms with Crippen molar-refractivity contribution in [2.75, 3.05) is 13.8 Å². The van der Waals surface area contributed by atoms with E-state index in [4.69, 9.17) is 9.47 Å². The van der Waals surface area contributed by atoms with E-state index in [1.807, 2.05) is 42.5 Å². The topological polar surface area (TPSA) is 21.5 Å². The lowest BCUT2D eigenvalue weighted by atomic mass is 10.1. The Bertz CT molecular complexity index is 685. The van der Waals surface area contributed by atoms with Gasteiger partial charge in [-0.3, -0.25) is 0 Å². The van der Waals surface area contributed by atoms with Gasteiger partial charge < -0.3 is 9.47 Å². The first-order valence-corrected chi connectivity index (χ1v) is 6.93. The van der Waals surface area contributed by atoms with Crippen LogP contribution in [-0.4, -0.2) is 24.1 Å². The van der Waals surface area contributed by atoms with Crippen molar-refractivity contribution in [3.8, 4) is 5.75 Å². The molecule has 0 aromatic heterocycles. The summed E-state index contributed by atoms with van der Waals surface area (Å²) in [6.45, 7) is 2.61. The maximum atomic E-state index is 5.89. The Morgan fingerprint density at radius 3 is 2.33 bits per heavy atom. The zero-order valence-corrected chi connectivity index (χ0v) is 12.2. The fourth-order valence-electron chi connectivity index (χ4n) is 2.35. The smallest absolute Gasteiger partial charge is 0.292 e. The maximum Gasteiger partial charge on any atom is 0.292 e. The minimum Gasteiger partial charge on any atom is -0.497 e. The quantitative estimate of drug-likeness (QED) is 0.797. The van der Waals surface area contributed by atoms with Gasteiger partial charge >= 0.3 is 0 Å². The first kappa shape index (κ1) is 13.4. The minimum absolute atomic E-state index is 0.513. The third-order valence-electron chi connectivity index (χ3n) is 3.56. The Kier molecular flexibility index (Phi) is 3.73. The van der Waals surface area contributed by atoms with Gasteiger partial charge in [0.05, 0.1) is 7.11 Å². The molecule has 0 fully saturated rings. The van der Waals surface area contributed by atoms with Crippen LogP contribution in [0.15, 0.2) is 60.7 Å². The molecular weight excluding hydrogens is 262 g/mol. The second-order valence-corrected chi connectivity index (χ2v) is 4.92. The van der Waals surface area contributed by atoms with Gasteiger partial charge in [0, 0.05) is 30.7 Å². The van der Waals surface area contributed by atoms with Crippen molar-refractivity contribution in [1.82, 2.24) is 0 Å². The molecule has 0 spiro atoms. The largest absolute Gasteiger partial charge is 0.497 e. The summed E-state index contributed by atoms with van der Waals surface area (Å²) in [6.07, 6.45) is 2.07. The molecule has 0 N–H and O–H groups in total. The summed E-state index contributed by atoms with van der Waals surface area (Å²) in [7, 11) is 1.67. The van der Waals surface area contributed by atoms with E-state index in [0.29, 0.717) is 6.73 Å². The van der Waals surface area contributed by atoms with Crippen LogP contribution in [0, 0.1) is 0 Å². The molecule has 3 rings (SSSR count). The fraction of sp³-hybridized carbons (Fsp3) is 0.167. The second-order valence-electron chi connectivity index (χ2n) is 4.92. The van der Waals surface area contributed by atoms with Crippen molar-refractivity contribution in [2.24, 2.45) is 0 Å². The van der Waals surface area contributed by atoms with E-state index in [2.05, 4.69) is 29.7 Å². The van der Waals surface area contributed by atoms with Gasteiger partial charge in [0.25, 0.3) is 6.73 Å². The molecule has 0 bridgehead atoms. The lowest BCUT2D eigenvalue weighted by Gasteiger charge is -2.15. The Morgan fingerprint density at radius 1 is 1.00 bits per heavy atom. The van der Waals surface area contributed by atoms with Crippen molar-refractivity contribution in [1.29, 1.82) is 0 Å². The average molecular weight is 280 g/mol. The molecule has 3 heteroatoms. The molecule has 1 aliphatic rings. The number of ether oxygens (including phenoxy) is 2. The SMILES string of the molecule is COc1ccc([N+]2=C(C)C=C(c3ccccc3)OC2)cc1. The second kappa shape index (κ2) is 5.83. The van der Waals surface area contributed by atoms with Crippen LogP contribution in [0.1, 0.15) is 12.5 Å². The van der Waals surface area contributed by atoms with Crippen LogP contribution in [0.4, 0.5) is 5.69 Å². The monoisotopic (exact) mass is 280 g/mol. The van der Waals surface area contributed by atoms with Gasteiger partial charge in [0.1, 0.15) is 11.5 Å². The molecule has 0 saturated carbocycles. The van der Waals surface area contributed by atoms with Gasteiger partial charge in [-0.05, 0) is 12.1 Å². The van der Waals surface area contributed by atoms with Gasteiger partial charge in [-0.1, -0.05) is 30.3 Å². The standard InChI is InChI=1S/C18H18NO2/c1-14-12-18(15-6-4-3-5-7-15)21-13-19(14)16-8-10-17(20-2)11-9-16/h3-12H,13H2,1-2H3/q+1. The summed E-state index contributed by atoms with van der Waals surface area (Å²) < 4.78 is 13.2. The van der Waals surface area contributed by atoms with Gasteiger partial charge in [-0.2, -0.15) is 4.58 Å². The lowest BCUT2D eigenvalue weighted by Crippen LogP contribution is -2.21. The molecule has 106 valence electrons. The van der Waals surface area contributed by atoms with Gasteiger partial charge in [0.15, 0.2) is 5.71 Å². The maximum absolute atomic E-state index is 5.89. The van der Waals surface area contributed by atoms with E-state index in [1.165, 1.54) is 0 Å². The highest BCUT2D eigenvalue weighted by atomic mass is 16.5. The van der Waals surface area contributed by atoms with Gasteiger partial charge in [-0.15, -0.1) is 0 Å². The number of methoxy groups -OCH3 is 1. The van der Waals surface area contributed by atoms with Crippen molar-refractivity contribution >= 4 is 17.2 Å². The summed E-state index contributed by atoms with van der Waals surface area (Å²) in [5.74, 6) is 1.77. The molecule has 0 saturated heterocycles. The lowest BCUT2D eigenvalue weighted by molar-refractivity contribution is -0.484. The van der Waals surface area contributed by atoms with Crippen molar-refractivity contribution in [3.63, 3.8) is 0 Å². The molecule has 1 heterocycles. The first-order chi connectivity index (χ1) is 10.3. The summed E-state index contributed by atoms with van der Waals surface area (Å²) in [4.78, 5) is 0. The Balaban J connectivity index is 1.92. The van der Waals surface area contributed by atoms with Crippen LogP contribution in [0.3, 0.4) is 0 Å². The van der Waals surface area contributed by atoms with E-state index >= 15 is 0 Å². The Hall–Kier alpha value is -2.55. The van der Waals surface area contributed by atoms with E-state index in [1.54, 1.807) is 7.11 Å². The van der Waals surface area contributed by atoms with Crippen molar-refractivity contribution in [2.45, 2.75) is 6.92 Å². The zero-order chi connectivity index (χ0) is 14.7. The molecule has 1 aliphatic heterocycles. The van der Waals surface area contributed by atoms with E-state index in [-0.39, 0.29) is 0 Å². The van der Waals surface area contributed by atoms with E-state index < -0.39 is 0 Å². The number of rotatable bonds is 3. The van der Waals surface area contributed by atoms with Crippen LogP contribution in [0.2, 0.25) is 0 Å². The molecule has 3 nitrogen and oxygen atoms in total. The number of nitrogens with zero attached hydrogens (tertiary/aromatic N) is 1. The first-order valence-electron chi connectivity index (χ1n) is 6.93. The summed E-state index contributed by atoms with van der Waals surface area (Å²) in [5.41, 5.74) is 3.35. The van der Waals surface area contributed by atoms with Crippen LogP contribution in [0.5, 0.6) is 5.75 Å². The molecule has 2 aromatic rings. The molecule has 0 atom stereocenters. The third-order valence-corrected chi connectivity index (χ3v) is 3.56. The normalized spacial score (nSPS) is 14.5. The summed E-state index contributed by atoms with van der Waals surface area (Å²) >= 11 is 0. The minimum atomic E-state index is 0.513. The molecule has 0 radical (unpaired) electrons. The number of allylic oxidation sites excluding steroid dienone is 1. The third kappa shape index (κ3) is 2.82. The molecule has 0 aliphatic carbocycles. The molecule has 21 heavy (non-hydrogen) atoms. The Morgan fingerprint density at radius 2 is 1.71 bits per heavy atom. The average Bonchev–Trinajstić information content (AvgIpc) is 2.56. The van der Waals surface area contributed by atoms with Gasteiger partial charge in [-0.25, -0.2) is 0 Å². The number of hydrogen-bond acceptors (Lipinski definition) is 2. The van der Waals surface area contributed by atoms with Crippen LogP contribution in [-0.2, 0) is 4.74 Å². The highest BCUT2D eigenvalue weighted by Gasteiger charge is 2.20. The number of hydrogen-bond donors (Lipinski definition) is 0. The van der Waals surface area contributed by atoms with E-state index in [0.717, 1.165) is 28.5 Å². The van der Waals surface area contributed by atoms with Crippen molar-refractivity contribution in [3.05, 3.63) is 66.2 Å². The summed E-state index contributed by atoms with van der Waals surface area (Å²) in [6, 6.07) is 18.1. The number of benzene rings is 2. The summed E-state index contributed by atoms with van der Waals surface area (Å²) in [5, 5.41) is 0. The molecule has 0 amide bonds. The van der Waals surface area contributed by atoms with Crippen LogP contribution in [0.25, 0.3) is 5.76 Å². The predicted molar refractivity (Wildman–Crippen MR) is 84.0 cm³/mol.